The first-order valence-corrected chi connectivity index (χ1v) is 14.8. The molecule has 0 unspecified atom stereocenters. The van der Waals surface area contributed by atoms with Gasteiger partial charge < -0.3 is 4.42 Å². The lowest BCUT2D eigenvalue weighted by atomic mass is 9.83. The van der Waals surface area contributed by atoms with Gasteiger partial charge in [-0.25, -0.2) is 0 Å². The molecule has 0 fully saturated rings. The molecule has 0 spiro atoms. The number of hydrogen-bond acceptors (Lipinski definition) is 1. The van der Waals surface area contributed by atoms with Crippen LogP contribution < -0.4 is 0 Å². The Balaban J connectivity index is 1.44. The average molecular weight is 580 g/mol. The summed E-state index contributed by atoms with van der Waals surface area (Å²) in [6, 6.07) is 30.9. The predicted molar refractivity (Wildman–Crippen MR) is 192 cm³/mol. The fourth-order valence-corrected chi connectivity index (χ4v) is 7.14. The van der Waals surface area contributed by atoms with Crippen LogP contribution in [0.3, 0.4) is 0 Å². The smallest absolute Gasteiger partial charge is 0.136 e. The van der Waals surface area contributed by atoms with E-state index in [0.717, 1.165) is 54.2 Å². The Kier molecular flexibility index (Phi) is 3.59. The van der Waals surface area contributed by atoms with Crippen molar-refractivity contribution in [1.82, 2.24) is 0 Å². The molecule has 9 aromatic carbocycles. The quantitative estimate of drug-likeness (QED) is 0.147. The molecule has 1 heterocycles. The second kappa shape index (κ2) is 9.29. The summed E-state index contributed by atoms with van der Waals surface area (Å²) in [7, 11) is 0. The van der Waals surface area contributed by atoms with Crippen molar-refractivity contribution in [2.45, 2.75) is 0 Å². The summed E-state index contributed by atoms with van der Waals surface area (Å²) in [5.41, 5.74) is 2.62. The van der Waals surface area contributed by atoms with Gasteiger partial charge in [0.2, 0.25) is 0 Å². The highest BCUT2D eigenvalue weighted by Gasteiger charge is 2.21. The molecule has 0 N–H and O–H groups in total. The zero-order valence-corrected chi connectivity index (χ0v) is 23.7. The fraction of sp³-hybridized carbons (Fsp3) is 0. The van der Waals surface area contributed by atoms with Crippen molar-refractivity contribution in [1.29, 1.82) is 0 Å². The van der Waals surface area contributed by atoms with Crippen LogP contribution in [0.5, 0.6) is 0 Å². The number of furan rings is 1. The second-order valence-corrected chi connectivity index (χ2v) is 11.3. The van der Waals surface area contributed by atoms with E-state index >= 15 is 0 Å². The van der Waals surface area contributed by atoms with Gasteiger partial charge in [-0.15, -0.1) is 0 Å². The largest absolute Gasteiger partial charge is 0.456 e. The van der Waals surface area contributed by atoms with E-state index in [4.69, 9.17) is 15.4 Å². The third-order valence-corrected chi connectivity index (χ3v) is 9.00. The van der Waals surface area contributed by atoms with Gasteiger partial charge in [0.25, 0.3) is 0 Å². The van der Waals surface area contributed by atoms with E-state index in [1.165, 1.54) is 0 Å². The minimum atomic E-state index is -0.530. The molecule has 0 aliphatic rings. The Morgan fingerprint density at radius 1 is 0.356 bits per heavy atom. The topological polar surface area (TPSA) is 13.1 Å². The van der Waals surface area contributed by atoms with Crippen molar-refractivity contribution >= 4 is 75.8 Å². The van der Waals surface area contributed by atoms with Gasteiger partial charge in [0.05, 0.1) is 12.3 Å². The Hall–Kier alpha value is -5.92. The third-order valence-electron chi connectivity index (χ3n) is 9.00. The Morgan fingerprint density at radius 2 is 1.00 bits per heavy atom. The van der Waals surface area contributed by atoms with Gasteiger partial charge in [-0.05, 0) is 88.2 Å². The van der Waals surface area contributed by atoms with Crippen molar-refractivity contribution in [3.63, 3.8) is 0 Å². The Morgan fingerprint density at radius 3 is 1.78 bits per heavy atom. The zero-order valence-electron chi connectivity index (χ0n) is 32.7. The van der Waals surface area contributed by atoms with Gasteiger partial charge in [-0.2, -0.15) is 0 Å². The van der Waals surface area contributed by atoms with E-state index in [2.05, 4.69) is 42.5 Å². The third kappa shape index (κ3) is 3.44. The van der Waals surface area contributed by atoms with Crippen molar-refractivity contribution < 1.29 is 16.8 Å². The summed E-state index contributed by atoms with van der Waals surface area (Å²) in [5, 5.41) is 7.90. The molecule has 1 heteroatoms. The van der Waals surface area contributed by atoms with Crippen LogP contribution in [-0.2, 0) is 0 Å². The lowest BCUT2D eigenvalue weighted by molar-refractivity contribution is 0.669. The average Bonchev–Trinajstić information content (AvgIpc) is 3.59. The minimum absolute atomic E-state index is 0.0262. The Bertz CT molecular complexity index is 3270. The van der Waals surface area contributed by atoms with Crippen LogP contribution in [0.15, 0.2) is 162 Å². The lowest BCUT2D eigenvalue weighted by Gasteiger charge is -2.19. The SMILES string of the molecule is [2H]c1c([2H])c(-c2c3ccccc3c(-c3cccc4c3ccc3ccccc34)c3ccccc23)c2c(oc3c([2H])c([2H])c4c([2H])c([2H])c([2H])c([2H])c4c32)c1[2H]. The van der Waals surface area contributed by atoms with Crippen LogP contribution >= 0.6 is 0 Å². The van der Waals surface area contributed by atoms with Crippen molar-refractivity contribution in [2.75, 3.05) is 0 Å². The van der Waals surface area contributed by atoms with Crippen molar-refractivity contribution in [3.05, 3.63) is 158 Å². The molecule has 208 valence electrons. The van der Waals surface area contributed by atoms with Crippen molar-refractivity contribution in [3.8, 4) is 22.3 Å². The van der Waals surface area contributed by atoms with E-state index in [0.29, 0.717) is 5.56 Å². The molecule has 0 radical (unpaired) electrons. The van der Waals surface area contributed by atoms with Crippen LogP contribution in [0.25, 0.3) is 98.1 Å². The van der Waals surface area contributed by atoms with Crippen LogP contribution in [0, 0.1) is 0 Å². The van der Waals surface area contributed by atoms with E-state index in [1.807, 2.05) is 60.7 Å². The maximum Gasteiger partial charge on any atom is 0.136 e. The van der Waals surface area contributed by atoms with E-state index in [-0.39, 0.29) is 50.4 Å². The van der Waals surface area contributed by atoms with Crippen LogP contribution in [-0.4, -0.2) is 0 Å². The van der Waals surface area contributed by atoms with Crippen LogP contribution in [0.1, 0.15) is 12.3 Å². The molecule has 0 aliphatic carbocycles. The highest BCUT2D eigenvalue weighted by molar-refractivity contribution is 6.29. The highest BCUT2D eigenvalue weighted by Crippen LogP contribution is 2.48. The molecular weight excluding hydrogens is 544 g/mol. The molecule has 0 saturated heterocycles. The van der Waals surface area contributed by atoms with Gasteiger partial charge in [-0.1, -0.05) is 145 Å². The molecule has 1 aromatic heterocycles. The second-order valence-electron chi connectivity index (χ2n) is 11.3. The van der Waals surface area contributed by atoms with E-state index in [9.17, 15) is 1.37 Å². The van der Waals surface area contributed by atoms with Crippen molar-refractivity contribution in [2.24, 2.45) is 0 Å². The van der Waals surface area contributed by atoms with E-state index < -0.39 is 42.3 Å². The number of rotatable bonds is 2. The summed E-state index contributed by atoms with van der Waals surface area (Å²) in [4.78, 5) is 0. The number of hydrogen-bond donors (Lipinski definition) is 0. The molecule has 0 bridgehead atoms. The first-order valence-electron chi connectivity index (χ1n) is 19.3. The Labute approximate surface area is 272 Å². The minimum Gasteiger partial charge on any atom is -0.456 e. The normalized spacial score (nSPS) is 14.8. The van der Waals surface area contributed by atoms with Gasteiger partial charge in [0, 0.05) is 10.8 Å². The maximum atomic E-state index is 9.51. The van der Waals surface area contributed by atoms with Gasteiger partial charge in [-0.3, -0.25) is 0 Å². The molecule has 10 aromatic rings. The molecule has 0 atom stereocenters. The highest BCUT2D eigenvalue weighted by atomic mass is 16.3. The zero-order chi connectivity index (χ0) is 37.3. The molecule has 0 aliphatic heterocycles. The van der Waals surface area contributed by atoms with Crippen LogP contribution in [0.2, 0.25) is 0 Å². The molecule has 45 heavy (non-hydrogen) atoms. The summed E-state index contributed by atoms with van der Waals surface area (Å²) < 4.78 is 86.1. The standard InChI is InChI=1S/C44H26O/c1-3-13-29-27(11-1)23-25-32-31(29)19-9-20-33(32)41-34-15-5-7-17-36(34)42(37-18-8-6-16-35(37)41)38-21-10-22-39-44(38)43-30-14-4-2-12-28(30)24-26-40(43)45-39/h1-26H/i2D,4D,10D,12D,14D,21D,22D,24D,26D. The summed E-state index contributed by atoms with van der Waals surface area (Å²) in [6.45, 7) is 0. The molecule has 0 saturated carbocycles. The molecule has 1 nitrogen and oxygen atoms in total. The number of benzene rings is 9. The molecule has 0 amide bonds. The summed E-state index contributed by atoms with van der Waals surface area (Å²) >= 11 is 0. The number of fused-ring (bicyclic) bond motifs is 10. The van der Waals surface area contributed by atoms with Crippen LogP contribution in [0.4, 0.5) is 0 Å². The molecule has 10 rings (SSSR count). The summed E-state index contributed by atoms with van der Waals surface area (Å²) in [6.07, 6.45) is 0. The monoisotopic (exact) mass is 579 g/mol. The predicted octanol–water partition coefficient (Wildman–Crippen LogP) is 12.7. The van der Waals surface area contributed by atoms with Gasteiger partial charge in [0.1, 0.15) is 11.2 Å². The van der Waals surface area contributed by atoms with E-state index in [1.54, 1.807) is 0 Å². The maximum absolute atomic E-state index is 9.51. The van der Waals surface area contributed by atoms with Gasteiger partial charge >= 0.3 is 0 Å². The first-order chi connectivity index (χ1) is 26.1. The lowest BCUT2D eigenvalue weighted by Crippen LogP contribution is -1.92. The summed E-state index contributed by atoms with van der Waals surface area (Å²) in [5.74, 6) is 0. The molecular formula is C44H26O. The first kappa shape index (κ1) is 17.4. The fourth-order valence-electron chi connectivity index (χ4n) is 7.14. The van der Waals surface area contributed by atoms with Gasteiger partial charge in [0.15, 0.2) is 0 Å².